The average molecular weight is 251 g/mol. The molecule has 1 amide bonds. The number of hydrogen-bond acceptors (Lipinski definition) is 4. The summed E-state index contributed by atoms with van der Waals surface area (Å²) in [5.41, 5.74) is 0. The van der Waals surface area contributed by atoms with Crippen molar-refractivity contribution in [1.29, 1.82) is 0 Å². The Kier molecular flexibility index (Phi) is 2.36. The van der Waals surface area contributed by atoms with Gasteiger partial charge in [0, 0.05) is 13.0 Å². The van der Waals surface area contributed by atoms with Crippen LogP contribution in [0.2, 0.25) is 0 Å². The molecule has 0 aromatic carbocycles. The smallest absolute Gasteiger partial charge is 0.251 e. The second kappa shape index (κ2) is 3.76. The Labute approximate surface area is 104 Å². The van der Waals surface area contributed by atoms with Crippen molar-refractivity contribution >= 4 is 23.2 Å². The Bertz CT molecular complexity index is 497. The largest absolute Gasteiger partial charge is 0.351 e. The molecular weight excluding hydrogens is 238 g/mol. The van der Waals surface area contributed by atoms with E-state index in [1.54, 1.807) is 4.90 Å². The monoisotopic (exact) mass is 251 g/mol. The van der Waals surface area contributed by atoms with Crippen molar-refractivity contribution in [1.82, 2.24) is 25.0 Å². The lowest BCUT2D eigenvalue weighted by Gasteiger charge is -2.14. The average Bonchev–Trinajstić information content (AvgIpc) is 2.92. The number of nitrogens with one attached hydrogen (secondary N) is 1. The summed E-state index contributed by atoms with van der Waals surface area (Å²) in [6.45, 7) is 3.17. The van der Waals surface area contributed by atoms with Gasteiger partial charge in [0.25, 0.3) is 5.91 Å². The first-order valence-electron chi connectivity index (χ1n) is 5.69. The van der Waals surface area contributed by atoms with Crippen LogP contribution in [0.5, 0.6) is 0 Å². The number of rotatable bonds is 2. The molecule has 0 spiro atoms. The number of aryl methyl sites for hydroxylation is 1. The van der Waals surface area contributed by atoms with E-state index in [2.05, 4.69) is 20.1 Å². The molecule has 1 fully saturated rings. The van der Waals surface area contributed by atoms with Crippen LogP contribution < -0.4 is 5.32 Å². The quantitative estimate of drug-likeness (QED) is 0.739. The highest BCUT2D eigenvalue weighted by atomic mass is 32.1. The third-order valence-electron chi connectivity index (χ3n) is 3.21. The van der Waals surface area contributed by atoms with Crippen molar-refractivity contribution in [2.24, 2.45) is 0 Å². The van der Waals surface area contributed by atoms with Gasteiger partial charge in [-0.3, -0.25) is 9.69 Å². The minimum absolute atomic E-state index is 0.00495. The minimum Gasteiger partial charge on any atom is -0.351 e. The van der Waals surface area contributed by atoms with E-state index in [9.17, 15) is 4.79 Å². The lowest BCUT2D eigenvalue weighted by Crippen LogP contribution is -2.31. The van der Waals surface area contributed by atoms with Gasteiger partial charge in [-0.25, -0.2) is 0 Å². The van der Waals surface area contributed by atoms with E-state index in [0.717, 1.165) is 31.0 Å². The van der Waals surface area contributed by atoms with Gasteiger partial charge in [-0.15, -0.1) is 10.2 Å². The van der Waals surface area contributed by atoms with Gasteiger partial charge in [-0.05, 0) is 25.6 Å². The van der Waals surface area contributed by atoms with Crippen LogP contribution in [0.1, 0.15) is 25.0 Å². The van der Waals surface area contributed by atoms with Gasteiger partial charge < -0.3 is 9.88 Å². The molecule has 0 aliphatic carbocycles. The van der Waals surface area contributed by atoms with E-state index < -0.39 is 0 Å². The molecule has 0 radical (unpaired) electrons. The van der Waals surface area contributed by atoms with E-state index in [-0.39, 0.29) is 11.9 Å². The predicted molar refractivity (Wildman–Crippen MR) is 64.1 cm³/mol. The number of carbonyl (C=O) groups is 1. The number of carbonyl (C=O) groups excluding carboxylic acids is 1. The van der Waals surface area contributed by atoms with Crippen LogP contribution >= 0.6 is 12.2 Å². The number of nitrogens with zero attached hydrogens (tertiary/aromatic N) is 4. The normalized spacial score (nSPS) is 23.1. The lowest BCUT2D eigenvalue weighted by molar-refractivity contribution is -0.127. The topological polar surface area (TPSA) is 63.0 Å². The van der Waals surface area contributed by atoms with Crippen molar-refractivity contribution < 1.29 is 4.79 Å². The van der Waals surface area contributed by atoms with Gasteiger partial charge in [0.15, 0.2) is 10.9 Å². The molecule has 0 bridgehead atoms. The zero-order chi connectivity index (χ0) is 12.0. The standard InChI is InChI=1S/C10H13N5OS/c1-6-9(16)15(10(17)11-6)5-8-13-12-7-3-2-4-14(7)8/h6H,2-5H2,1H3,(H,11,17)/t6-/m1/s1. The summed E-state index contributed by atoms with van der Waals surface area (Å²) in [5.74, 6) is 1.84. The van der Waals surface area contributed by atoms with Gasteiger partial charge in [0.1, 0.15) is 11.9 Å². The van der Waals surface area contributed by atoms with Crippen molar-refractivity contribution in [3.63, 3.8) is 0 Å². The number of aromatic nitrogens is 3. The first-order chi connectivity index (χ1) is 8.16. The second-order valence-corrected chi connectivity index (χ2v) is 4.77. The van der Waals surface area contributed by atoms with Crippen LogP contribution in [0.3, 0.4) is 0 Å². The molecule has 0 saturated carbocycles. The summed E-state index contributed by atoms with van der Waals surface area (Å²) in [6, 6.07) is -0.233. The predicted octanol–water partition coefficient (Wildman–Crippen LogP) is -0.171. The fraction of sp³-hybridized carbons (Fsp3) is 0.600. The highest BCUT2D eigenvalue weighted by Crippen LogP contribution is 2.17. The molecule has 90 valence electrons. The number of fused-ring (bicyclic) bond motifs is 1. The Balaban J connectivity index is 1.83. The van der Waals surface area contributed by atoms with Gasteiger partial charge >= 0.3 is 0 Å². The Morgan fingerprint density at radius 2 is 2.35 bits per heavy atom. The van der Waals surface area contributed by atoms with Gasteiger partial charge in [0.05, 0.1) is 6.54 Å². The Hall–Kier alpha value is -1.50. The number of amides is 1. The van der Waals surface area contributed by atoms with Crippen molar-refractivity contribution in [2.45, 2.75) is 38.9 Å². The molecule has 1 atom stereocenters. The van der Waals surface area contributed by atoms with Crippen LogP contribution in [0.25, 0.3) is 0 Å². The maximum Gasteiger partial charge on any atom is 0.251 e. The van der Waals surface area contributed by atoms with Crippen LogP contribution in [0.15, 0.2) is 0 Å². The molecule has 3 rings (SSSR count). The van der Waals surface area contributed by atoms with Gasteiger partial charge in [-0.1, -0.05) is 0 Å². The Morgan fingerprint density at radius 3 is 3.06 bits per heavy atom. The molecule has 1 aromatic rings. The van der Waals surface area contributed by atoms with Crippen LogP contribution in [0, 0.1) is 0 Å². The molecule has 1 aromatic heterocycles. The molecule has 2 aliphatic rings. The third-order valence-corrected chi connectivity index (χ3v) is 3.55. The van der Waals surface area contributed by atoms with Crippen molar-refractivity contribution in [2.75, 3.05) is 0 Å². The van der Waals surface area contributed by atoms with Gasteiger partial charge in [0.2, 0.25) is 0 Å². The molecule has 7 heteroatoms. The van der Waals surface area contributed by atoms with Gasteiger partial charge in [-0.2, -0.15) is 0 Å². The minimum atomic E-state index is -0.233. The summed E-state index contributed by atoms with van der Waals surface area (Å²) in [6.07, 6.45) is 2.07. The highest BCUT2D eigenvalue weighted by molar-refractivity contribution is 7.80. The number of hydrogen-bond donors (Lipinski definition) is 1. The van der Waals surface area contributed by atoms with E-state index >= 15 is 0 Å². The first-order valence-corrected chi connectivity index (χ1v) is 6.10. The maximum atomic E-state index is 11.9. The van der Waals surface area contributed by atoms with Crippen molar-refractivity contribution in [3.05, 3.63) is 11.6 Å². The molecule has 2 aliphatic heterocycles. The summed E-state index contributed by atoms with van der Waals surface area (Å²) in [4.78, 5) is 13.4. The second-order valence-electron chi connectivity index (χ2n) is 4.38. The van der Waals surface area contributed by atoms with Crippen LogP contribution in [-0.2, 0) is 24.3 Å². The molecule has 1 saturated heterocycles. The fourth-order valence-electron chi connectivity index (χ4n) is 2.28. The Morgan fingerprint density at radius 1 is 1.53 bits per heavy atom. The zero-order valence-electron chi connectivity index (χ0n) is 9.51. The summed E-state index contributed by atoms with van der Waals surface area (Å²) in [7, 11) is 0. The third kappa shape index (κ3) is 1.61. The fourth-order valence-corrected chi connectivity index (χ4v) is 2.61. The first kappa shape index (κ1) is 10.6. The molecule has 6 nitrogen and oxygen atoms in total. The highest BCUT2D eigenvalue weighted by Gasteiger charge is 2.33. The van der Waals surface area contributed by atoms with Crippen LogP contribution in [-0.4, -0.2) is 36.7 Å². The molecule has 17 heavy (non-hydrogen) atoms. The van der Waals surface area contributed by atoms with Crippen molar-refractivity contribution in [3.8, 4) is 0 Å². The van der Waals surface area contributed by atoms with E-state index in [4.69, 9.17) is 12.2 Å². The molecule has 3 heterocycles. The zero-order valence-corrected chi connectivity index (χ0v) is 10.3. The van der Waals surface area contributed by atoms with E-state index in [0.29, 0.717) is 11.7 Å². The summed E-state index contributed by atoms with van der Waals surface area (Å²) in [5, 5.41) is 11.7. The van der Waals surface area contributed by atoms with Crippen LogP contribution in [0.4, 0.5) is 0 Å². The van der Waals surface area contributed by atoms with E-state index in [1.165, 1.54) is 0 Å². The lowest BCUT2D eigenvalue weighted by atomic mass is 10.3. The molecule has 0 unspecified atom stereocenters. The number of thiocarbonyl (C=S) groups is 1. The molecular formula is C10H13N5OS. The summed E-state index contributed by atoms with van der Waals surface area (Å²) >= 11 is 5.13. The van der Waals surface area contributed by atoms with E-state index in [1.807, 2.05) is 6.92 Å². The SMILES string of the molecule is C[C@H]1NC(=S)N(Cc2nnc3n2CCC3)C1=O. The molecule has 1 N–H and O–H groups in total. The summed E-state index contributed by atoms with van der Waals surface area (Å²) < 4.78 is 2.08. The maximum absolute atomic E-state index is 11.9.